The van der Waals surface area contributed by atoms with Gasteiger partial charge in [-0.25, -0.2) is 9.37 Å². The van der Waals surface area contributed by atoms with Crippen molar-refractivity contribution in [2.24, 2.45) is 0 Å². The van der Waals surface area contributed by atoms with E-state index in [9.17, 15) is 9.18 Å². The SMILES string of the molecule is Cc1nc(NC(=O)c2cn[nH]c2-c2ccccc2)sc1Cc1ccc(F)cc1. The third kappa shape index (κ3) is 3.84. The molecule has 7 heteroatoms. The quantitative estimate of drug-likeness (QED) is 0.511. The van der Waals surface area contributed by atoms with Gasteiger partial charge in [0.2, 0.25) is 0 Å². The molecular formula is C21H17FN4OS. The highest BCUT2D eigenvalue weighted by Crippen LogP contribution is 2.27. The summed E-state index contributed by atoms with van der Waals surface area (Å²) in [5, 5.41) is 10.3. The Hall–Kier alpha value is -3.32. The van der Waals surface area contributed by atoms with Gasteiger partial charge in [0.1, 0.15) is 5.82 Å². The maximum absolute atomic E-state index is 13.1. The predicted molar refractivity (Wildman–Crippen MR) is 108 cm³/mol. The number of aromatic nitrogens is 3. The first-order valence-electron chi connectivity index (χ1n) is 8.71. The highest BCUT2D eigenvalue weighted by Gasteiger charge is 2.17. The van der Waals surface area contributed by atoms with Crippen molar-refractivity contribution in [1.82, 2.24) is 15.2 Å². The number of aryl methyl sites for hydroxylation is 1. The van der Waals surface area contributed by atoms with Crippen LogP contribution in [0.1, 0.15) is 26.5 Å². The van der Waals surface area contributed by atoms with Crippen molar-refractivity contribution in [1.29, 1.82) is 0 Å². The smallest absolute Gasteiger partial charge is 0.261 e. The normalized spacial score (nSPS) is 10.8. The van der Waals surface area contributed by atoms with Gasteiger partial charge < -0.3 is 0 Å². The Bertz CT molecular complexity index is 1100. The zero-order chi connectivity index (χ0) is 19.5. The minimum absolute atomic E-state index is 0.257. The van der Waals surface area contributed by atoms with E-state index in [1.54, 1.807) is 12.1 Å². The lowest BCUT2D eigenvalue weighted by molar-refractivity contribution is 0.102. The van der Waals surface area contributed by atoms with Crippen molar-refractivity contribution in [2.45, 2.75) is 13.3 Å². The zero-order valence-electron chi connectivity index (χ0n) is 15.1. The van der Waals surface area contributed by atoms with E-state index in [1.165, 1.54) is 29.7 Å². The average Bonchev–Trinajstić information content (AvgIpc) is 3.31. The van der Waals surface area contributed by atoms with E-state index in [2.05, 4.69) is 20.5 Å². The molecule has 4 rings (SSSR count). The minimum atomic E-state index is -0.269. The first kappa shape index (κ1) is 18.1. The molecule has 2 aromatic carbocycles. The molecule has 0 spiro atoms. The van der Waals surface area contributed by atoms with E-state index in [0.717, 1.165) is 21.7 Å². The van der Waals surface area contributed by atoms with Crippen LogP contribution in [0.2, 0.25) is 0 Å². The summed E-state index contributed by atoms with van der Waals surface area (Å²) in [6.07, 6.45) is 2.15. The Morgan fingerprint density at radius 3 is 2.64 bits per heavy atom. The molecule has 0 aliphatic heterocycles. The Kier molecular flexibility index (Phi) is 4.99. The number of carbonyl (C=O) groups excluding carboxylic acids is 1. The molecule has 0 aliphatic rings. The molecule has 5 nitrogen and oxygen atoms in total. The van der Waals surface area contributed by atoms with Crippen LogP contribution >= 0.6 is 11.3 Å². The van der Waals surface area contributed by atoms with Crippen LogP contribution in [0.4, 0.5) is 9.52 Å². The van der Waals surface area contributed by atoms with Crippen molar-refractivity contribution < 1.29 is 9.18 Å². The van der Waals surface area contributed by atoms with Crippen LogP contribution in [-0.2, 0) is 6.42 Å². The molecule has 1 amide bonds. The number of H-pyrrole nitrogens is 1. The molecule has 0 saturated heterocycles. The number of thiazole rings is 1. The number of rotatable bonds is 5. The molecule has 0 atom stereocenters. The van der Waals surface area contributed by atoms with Crippen LogP contribution in [0.25, 0.3) is 11.3 Å². The summed E-state index contributed by atoms with van der Waals surface area (Å²) in [7, 11) is 0. The van der Waals surface area contributed by atoms with Gasteiger partial charge >= 0.3 is 0 Å². The van der Waals surface area contributed by atoms with Crippen LogP contribution in [-0.4, -0.2) is 21.1 Å². The molecule has 0 bridgehead atoms. The largest absolute Gasteiger partial charge is 0.298 e. The van der Waals surface area contributed by atoms with E-state index in [0.29, 0.717) is 22.8 Å². The Balaban J connectivity index is 1.52. The third-order valence-electron chi connectivity index (χ3n) is 4.34. The van der Waals surface area contributed by atoms with E-state index >= 15 is 0 Å². The van der Waals surface area contributed by atoms with Crippen LogP contribution in [0.5, 0.6) is 0 Å². The zero-order valence-corrected chi connectivity index (χ0v) is 15.9. The second kappa shape index (κ2) is 7.74. The first-order chi connectivity index (χ1) is 13.6. The fourth-order valence-electron chi connectivity index (χ4n) is 2.88. The lowest BCUT2D eigenvalue weighted by Crippen LogP contribution is -2.12. The summed E-state index contributed by atoms with van der Waals surface area (Å²) in [6, 6.07) is 16.0. The molecule has 4 aromatic rings. The molecule has 140 valence electrons. The summed E-state index contributed by atoms with van der Waals surface area (Å²) in [6.45, 7) is 1.90. The number of hydrogen-bond acceptors (Lipinski definition) is 4. The number of aromatic amines is 1. The van der Waals surface area contributed by atoms with Crippen molar-refractivity contribution >= 4 is 22.4 Å². The molecule has 0 fully saturated rings. The topological polar surface area (TPSA) is 70.7 Å². The van der Waals surface area contributed by atoms with Gasteiger partial charge in [0.05, 0.1) is 23.1 Å². The molecule has 0 unspecified atom stereocenters. The van der Waals surface area contributed by atoms with Crippen molar-refractivity contribution in [3.8, 4) is 11.3 Å². The standard InChI is InChI=1S/C21H17FN4OS/c1-13-18(11-14-7-9-16(22)10-8-14)28-21(24-13)25-20(27)17-12-23-26-19(17)15-5-3-2-4-6-15/h2-10,12H,11H2,1H3,(H,23,26)(H,24,25,27). The predicted octanol–water partition coefficient (Wildman–Crippen LogP) is 4.82. The number of hydrogen-bond donors (Lipinski definition) is 2. The number of halogens is 1. The lowest BCUT2D eigenvalue weighted by Gasteiger charge is -2.03. The number of nitrogens with one attached hydrogen (secondary N) is 2. The van der Waals surface area contributed by atoms with Crippen LogP contribution in [0, 0.1) is 12.7 Å². The van der Waals surface area contributed by atoms with Gasteiger partial charge in [-0.15, -0.1) is 11.3 Å². The fourth-order valence-corrected chi connectivity index (χ4v) is 3.87. The first-order valence-corrected chi connectivity index (χ1v) is 9.52. The second-order valence-corrected chi connectivity index (χ2v) is 7.39. The van der Waals surface area contributed by atoms with Crippen molar-refractivity contribution in [3.63, 3.8) is 0 Å². The summed E-state index contributed by atoms with van der Waals surface area (Å²) >= 11 is 1.42. The molecule has 0 radical (unpaired) electrons. The fraction of sp³-hybridized carbons (Fsp3) is 0.0952. The maximum Gasteiger partial charge on any atom is 0.261 e. The van der Waals surface area contributed by atoms with Crippen molar-refractivity contribution in [3.05, 3.63) is 88.3 Å². The van der Waals surface area contributed by atoms with Gasteiger partial charge in [-0.2, -0.15) is 5.10 Å². The van der Waals surface area contributed by atoms with Crippen LogP contribution < -0.4 is 5.32 Å². The highest BCUT2D eigenvalue weighted by atomic mass is 32.1. The van der Waals surface area contributed by atoms with Gasteiger partial charge in [0.15, 0.2) is 5.13 Å². The monoisotopic (exact) mass is 392 g/mol. The molecule has 2 heterocycles. The lowest BCUT2D eigenvalue weighted by atomic mass is 10.1. The van der Waals surface area contributed by atoms with Gasteiger partial charge in [-0.05, 0) is 24.6 Å². The number of benzene rings is 2. The van der Waals surface area contributed by atoms with Crippen LogP contribution in [0.15, 0.2) is 60.8 Å². The molecule has 28 heavy (non-hydrogen) atoms. The van der Waals surface area contributed by atoms with Gasteiger partial charge in [0.25, 0.3) is 5.91 Å². The molecule has 2 N–H and O–H groups in total. The van der Waals surface area contributed by atoms with E-state index < -0.39 is 0 Å². The summed E-state index contributed by atoms with van der Waals surface area (Å²) in [5.41, 5.74) is 3.85. The number of anilines is 1. The minimum Gasteiger partial charge on any atom is -0.298 e. The van der Waals surface area contributed by atoms with E-state index in [1.807, 2.05) is 37.3 Å². The molecule has 2 aromatic heterocycles. The van der Waals surface area contributed by atoms with E-state index in [4.69, 9.17) is 0 Å². The summed E-state index contributed by atoms with van der Waals surface area (Å²) in [5.74, 6) is -0.526. The average molecular weight is 392 g/mol. The second-order valence-electron chi connectivity index (χ2n) is 6.31. The highest BCUT2D eigenvalue weighted by molar-refractivity contribution is 7.15. The van der Waals surface area contributed by atoms with Gasteiger partial charge in [-0.1, -0.05) is 42.5 Å². The van der Waals surface area contributed by atoms with Crippen molar-refractivity contribution in [2.75, 3.05) is 5.32 Å². The summed E-state index contributed by atoms with van der Waals surface area (Å²) in [4.78, 5) is 18.2. The third-order valence-corrected chi connectivity index (χ3v) is 5.41. The number of carbonyl (C=O) groups is 1. The Labute approximate surface area is 165 Å². The van der Waals surface area contributed by atoms with Crippen LogP contribution in [0.3, 0.4) is 0 Å². The van der Waals surface area contributed by atoms with E-state index in [-0.39, 0.29) is 11.7 Å². The molecule has 0 saturated carbocycles. The number of nitrogens with zero attached hydrogens (tertiary/aromatic N) is 2. The molecule has 0 aliphatic carbocycles. The number of amides is 1. The molecular weight excluding hydrogens is 375 g/mol. The Morgan fingerprint density at radius 2 is 1.89 bits per heavy atom. The maximum atomic E-state index is 13.1. The Morgan fingerprint density at radius 1 is 1.14 bits per heavy atom. The van der Waals surface area contributed by atoms with Gasteiger partial charge in [-0.3, -0.25) is 15.2 Å². The summed E-state index contributed by atoms with van der Waals surface area (Å²) < 4.78 is 13.1. The van der Waals surface area contributed by atoms with Gasteiger partial charge in [0, 0.05) is 16.9 Å².